The van der Waals surface area contributed by atoms with Crippen molar-refractivity contribution in [3.8, 4) is 0 Å². The molecule has 2 nitrogen and oxygen atoms in total. The Morgan fingerprint density at radius 2 is 1.52 bits per heavy atom. The fraction of sp³-hybridized carbons (Fsp3) is 0.316. The van der Waals surface area contributed by atoms with Crippen LogP contribution in [0.3, 0.4) is 0 Å². The van der Waals surface area contributed by atoms with E-state index in [2.05, 4.69) is 43.0 Å². The van der Waals surface area contributed by atoms with E-state index in [0.29, 0.717) is 12.5 Å². The van der Waals surface area contributed by atoms with Gasteiger partial charge in [-0.15, -0.1) is 0 Å². The molecule has 2 aromatic rings. The first-order valence-corrected chi connectivity index (χ1v) is 7.53. The highest BCUT2D eigenvalue weighted by atomic mass is 16.1. The molecule has 0 aromatic heterocycles. The molecule has 0 heterocycles. The van der Waals surface area contributed by atoms with Gasteiger partial charge in [0.1, 0.15) is 0 Å². The fourth-order valence-electron chi connectivity index (χ4n) is 2.35. The van der Waals surface area contributed by atoms with Crippen LogP contribution in [0.1, 0.15) is 36.2 Å². The maximum atomic E-state index is 12.2. The fourth-order valence-corrected chi connectivity index (χ4v) is 2.35. The number of carbonyl (C=O) groups is 1. The van der Waals surface area contributed by atoms with Crippen molar-refractivity contribution in [2.24, 2.45) is 0 Å². The molecule has 0 aliphatic rings. The highest BCUT2D eigenvalue weighted by Crippen LogP contribution is 2.10. The number of ketones is 1. The molecule has 0 bridgehead atoms. The van der Waals surface area contributed by atoms with Gasteiger partial charge < -0.3 is 0 Å². The number of nitrogens with zero attached hydrogens (tertiary/aromatic N) is 1. The van der Waals surface area contributed by atoms with E-state index >= 15 is 0 Å². The second-order valence-electron chi connectivity index (χ2n) is 5.59. The molecule has 0 atom stereocenters. The van der Waals surface area contributed by atoms with Gasteiger partial charge >= 0.3 is 0 Å². The third kappa shape index (κ3) is 4.83. The van der Waals surface area contributed by atoms with E-state index in [1.165, 1.54) is 5.56 Å². The van der Waals surface area contributed by atoms with Crippen LogP contribution in [0.4, 0.5) is 0 Å². The molecule has 2 rings (SSSR count). The Morgan fingerprint density at radius 1 is 0.952 bits per heavy atom. The number of Topliss-reactive ketones (excluding diaryl/α,β-unsaturated/α-hetero) is 1. The lowest BCUT2D eigenvalue weighted by Crippen LogP contribution is -2.32. The predicted octanol–water partition coefficient (Wildman–Crippen LogP) is 4.17. The Labute approximate surface area is 127 Å². The summed E-state index contributed by atoms with van der Waals surface area (Å²) in [6.07, 6.45) is 0.565. The van der Waals surface area contributed by atoms with Crippen LogP contribution in [0.5, 0.6) is 0 Å². The molecule has 110 valence electrons. The minimum atomic E-state index is 0.217. The van der Waals surface area contributed by atoms with Gasteiger partial charge in [0.2, 0.25) is 0 Å². The number of hydrogen-bond donors (Lipinski definition) is 0. The van der Waals surface area contributed by atoms with Crippen LogP contribution >= 0.6 is 0 Å². The van der Waals surface area contributed by atoms with Crippen molar-refractivity contribution < 1.29 is 4.79 Å². The van der Waals surface area contributed by atoms with Gasteiger partial charge in [0.15, 0.2) is 5.78 Å². The first-order valence-electron chi connectivity index (χ1n) is 7.53. The van der Waals surface area contributed by atoms with Crippen molar-refractivity contribution in [1.82, 2.24) is 4.90 Å². The van der Waals surface area contributed by atoms with Gasteiger partial charge in [-0.3, -0.25) is 9.69 Å². The van der Waals surface area contributed by atoms with Crippen LogP contribution < -0.4 is 0 Å². The van der Waals surface area contributed by atoms with Gasteiger partial charge in [-0.2, -0.15) is 0 Å². The molecule has 0 aliphatic heterocycles. The molecular weight excluding hydrogens is 258 g/mol. The minimum absolute atomic E-state index is 0.217. The second-order valence-corrected chi connectivity index (χ2v) is 5.59. The summed E-state index contributed by atoms with van der Waals surface area (Å²) in [5, 5.41) is 0. The molecule has 0 radical (unpaired) electrons. The highest BCUT2D eigenvalue weighted by molar-refractivity contribution is 5.96. The lowest BCUT2D eigenvalue weighted by Gasteiger charge is -2.26. The van der Waals surface area contributed by atoms with E-state index < -0.39 is 0 Å². The Hall–Kier alpha value is -1.93. The van der Waals surface area contributed by atoms with Crippen molar-refractivity contribution in [3.63, 3.8) is 0 Å². The van der Waals surface area contributed by atoms with Gasteiger partial charge in [-0.25, -0.2) is 0 Å². The van der Waals surface area contributed by atoms with Gasteiger partial charge in [0, 0.05) is 31.1 Å². The molecule has 0 aliphatic carbocycles. The first-order chi connectivity index (χ1) is 10.2. The van der Waals surface area contributed by atoms with E-state index in [1.54, 1.807) is 0 Å². The molecule has 0 fully saturated rings. The Balaban J connectivity index is 1.93. The molecule has 0 unspecified atom stereocenters. The Morgan fingerprint density at radius 3 is 2.10 bits per heavy atom. The lowest BCUT2D eigenvalue weighted by molar-refractivity contribution is 0.0952. The Kier molecular flexibility index (Phi) is 5.70. The zero-order valence-electron chi connectivity index (χ0n) is 12.8. The summed E-state index contributed by atoms with van der Waals surface area (Å²) < 4.78 is 0. The average Bonchev–Trinajstić information content (AvgIpc) is 2.52. The minimum Gasteiger partial charge on any atom is -0.296 e. The van der Waals surface area contributed by atoms with Crippen LogP contribution in [0.15, 0.2) is 60.7 Å². The predicted molar refractivity (Wildman–Crippen MR) is 87.4 cm³/mol. The van der Waals surface area contributed by atoms with E-state index in [4.69, 9.17) is 0 Å². The molecule has 0 saturated heterocycles. The van der Waals surface area contributed by atoms with Crippen LogP contribution in [-0.4, -0.2) is 23.3 Å². The normalized spacial score (nSPS) is 11.0. The van der Waals surface area contributed by atoms with Gasteiger partial charge in [0.05, 0.1) is 0 Å². The molecular formula is C19H23NO. The summed E-state index contributed by atoms with van der Waals surface area (Å²) in [5.74, 6) is 0.217. The topological polar surface area (TPSA) is 20.3 Å². The smallest absolute Gasteiger partial charge is 0.164 e. The zero-order valence-corrected chi connectivity index (χ0v) is 12.8. The molecule has 2 heteroatoms. The van der Waals surface area contributed by atoms with Crippen LogP contribution in [-0.2, 0) is 6.54 Å². The van der Waals surface area contributed by atoms with Gasteiger partial charge in [-0.1, -0.05) is 60.7 Å². The van der Waals surface area contributed by atoms with Crippen LogP contribution in [0.25, 0.3) is 0 Å². The van der Waals surface area contributed by atoms with Crippen molar-refractivity contribution in [2.75, 3.05) is 6.54 Å². The van der Waals surface area contributed by atoms with Crippen molar-refractivity contribution in [1.29, 1.82) is 0 Å². The summed E-state index contributed by atoms with van der Waals surface area (Å²) in [4.78, 5) is 14.5. The second kappa shape index (κ2) is 7.75. The van der Waals surface area contributed by atoms with E-state index in [-0.39, 0.29) is 5.78 Å². The summed E-state index contributed by atoms with van der Waals surface area (Å²) >= 11 is 0. The van der Waals surface area contributed by atoms with Crippen molar-refractivity contribution in [3.05, 3.63) is 71.8 Å². The van der Waals surface area contributed by atoms with Crippen LogP contribution in [0, 0.1) is 0 Å². The largest absolute Gasteiger partial charge is 0.296 e. The highest BCUT2D eigenvalue weighted by Gasteiger charge is 2.13. The number of hydrogen-bond acceptors (Lipinski definition) is 2. The van der Waals surface area contributed by atoms with E-state index in [1.807, 2.05) is 36.4 Å². The quantitative estimate of drug-likeness (QED) is 0.710. The molecule has 21 heavy (non-hydrogen) atoms. The summed E-state index contributed by atoms with van der Waals surface area (Å²) in [6, 6.07) is 20.4. The molecule has 0 saturated carbocycles. The standard InChI is InChI=1S/C19H23NO/c1-16(2)20(15-17-9-5-3-6-10-17)14-13-19(21)18-11-7-4-8-12-18/h3-12,16H,13-15H2,1-2H3. The van der Waals surface area contributed by atoms with Crippen molar-refractivity contribution >= 4 is 5.78 Å². The third-order valence-corrected chi connectivity index (χ3v) is 3.68. The summed E-state index contributed by atoms with van der Waals surface area (Å²) in [5.41, 5.74) is 2.10. The Bertz CT molecular complexity index is 548. The number of benzene rings is 2. The summed E-state index contributed by atoms with van der Waals surface area (Å²) in [6.45, 7) is 6.03. The van der Waals surface area contributed by atoms with E-state index in [9.17, 15) is 4.79 Å². The molecule has 0 N–H and O–H groups in total. The van der Waals surface area contributed by atoms with E-state index in [0.717, 1.165) is 18.7 Å². The number of carbonyl (C=O) groups excluding carboxylic acids is 1. The average molecular weight is 281 g/mol. The monoisotopic (exact) mass is 281 g/mol. The first kappa shape index (κ1) is 15.5. The van der Waals surface area contributed by atoms with Crippen LogP contribution in [0.2, 0.25) is 0 Å². The summed E-state index contributed by atoms with van der Waals surface area (Å²) in [7, 11) is 0. The maximum absolute atomic E-state index is 12.2. The third-order valence-electron chi connectivity index (χ3n) is 3.68. The maximum Gasteiger partial charge on any atom is 0.164 e. The molecule has 2 aromatic carbocycles. The lowest BCUT2D eigenvalue weighted by atomic mass is 10.1. The molecule has 0 amide bonds. The molecule has 0 spiro atoms. The zero-order chi connectivity index (χ0) is 15.1. The van der Waals surface area contributed by atoms with Gasteiger partial charge in [-0.05, 0) is 19.4 Å². The SMILES string of the molecule is CC(C)N(CCC(=O)c1ccccc1)Cc1ccccc1. The van der Waals surface area contributed by atoms with Gasteiger partial charge in [0.25, 0.3) is 0 Å². The number of rotatable bonds is 7. The van der Waals surface area contributed by atoms with Crippen molar-refractivity contribution in [2.45, 2.75) is 32.9 Å².